The molecule has 3 aromatic heterocycles. The third kappa shape index (κ3) is 3.51. The third-order valence-electron chi connectivity index (χ3n) is 5.81. The number of carboxylic acid groups (broad SMARTS) is 1. The van der Waals surface area contributed by atoms with Crippen LogP contribution in [0.1, 0.15) is 24.8 Å². The summed E-state index contributed by atoms with van der Waals surface area (Å²) in [5.41, 5.74) is 10.7. The van der Waals surface area contributed by atoms with Gasteiger partial charge in [0.05, 0.1) is 11.4 Å². The molecule has 5 rings (SSSR count). The molecule has 156 valence electrons. The third-order valence-corrected chi connectivity index (χ3v) is 5.81. The quantitative estimate of drug-likeness (QED) is 0.443. The molecule has 0 saturated heterocycles. The van der Waals surface area contributed by atoms with Crippen molar-refractivity contribution in [2.45, 2.75) is 24.8 Å². The van der Waals surface area contributed by atoms with E-state index in [-0.39, 0.29) is 18.0 Å². The molecule has 4 N–H and O–H groups in total. The van der Waals surface area contributed by atoms with Gasteiger partial charge in [0.25, 0.3) is 0 Å². The molecule has 0 aliphatic heterocycles. The zero-order chi connectivity index (χ0) is 21.4. The number of aliphatic carboxylic acids is 1. The minimum absolute atomic E-state index is 0.225. The summed E-state index contributed by atoms with van der Waals surface area (Å²) in [7, 11) is 0. The molecule has 0 bridgehead atoms. The van der Waals surface area contributed by atoms with E-state index in [1.165, 1.54) is 0 Å². The zero-order valence-electron chi connectivity index (χ0n) is 16.8. The van der Waals surface area contributed by atoms with Gasteiger partial charge in [-0.05, 0) is 55.2 Å². The van der Waals surface area contributed by atoms with Crippen molar-refractivity contribution in [2.75, 3.05) is 11.9 Å². The first-order chi connectivity index (χ1) is 15.0. The van der Waals surface area contributed by atoms with E-state index in [9.17, 15) is 4.79 Å². The van der Waals surface area contributed by atoms with Crippen LogP contribution >= 0.6 is 0 Å². The lowest BCUT2D eigenvalue weighted by Crippen LogP contribution is -2.43. The van der Waals surface area contributed by atoms with E-state index in [2.05, 4.69) is 32.4 Å². The molecule has 0 spiro atoms. The molecule has 4 aromatic rings. The maximum absolute atomic E-state index is 10.9. The van der Waals surface area contributed by atoms with Crippen LogP contribution in [-0.2, 0) is 10.3 Å². The highest BCUT2D eigenvalue weighted by atomic mass is 16.4. The van der Waals surface area contributed by atoms with Crippen molar-refractivity contribution >= 4 is 23.0 Å². The van der Waals surface area contributed by atoms with Gasteiger partial charge >= 0.3 is 5.97 Å². The lowest BCUT2D eigenvalue weighted by molar-refractivity contribution is -0.134. The van der Waals surface area contributed by atoms with E-state index in [0.29, 0.717) is 5.65 Å². The van der Waals surface area contributed by atoms with Gasteiger partial charge in [-0.2, -0.15) is 4.98 Å². The summed E-state index contributed by atoms with van der Waals surface area (Å²) >= 11 is 0. The highest BCUT2D eigenvalue weighted by molar-refractivity contribution is 5.86. The molecule has 1 aliphatic rings. The van der Waals surface area contributed by atoms with Crippen molar-refractivity contribution in [1.82, 2.24) is 19.5 Å². The maximum atomic E-state index is 10.9. The summed E-state index contributed by atoms with van der Waals surface area (Å²) in [6.07, 6.45) is 6.61. The fourth-order valence-corrected chi connectivity index (χ4v) is 3.98. The molecule has 1 fully saturated rings. The minimum Gasteiger partial charge on any atom is -0.480 e. The van der Waals surface area contributed by atoms with Crippen LogP contribution in [0.5, 0.6) is 0 Å². The second-order valence-corrected chi connectivity index (χ2v) is 7.86. The van der Waals surface area contributed by atoms with Crippen LogP contribution in [0.25, 0.3) is 28.1 Å². The topological polar surface area (TPSA) is 119 Å². The highest BCUT2D eigenvalue weighted by Gasteiger charge is 2.34. The number of carboxylic acids is 1. The molecule has 0 amide bonds. The standard InChI is InChI=1S/C23H22N6O2/c24-23(9-3-10-23)16-5-7-17(8-6-16)29-19(18-4-1-2-11-25-18)12-15-13-26-22(28-21(15)29)27-14-20(30)31/h1-2,4-8,11-13H,3,9-10,14,24H2,(H,30,31)(H,26,27,28). The number of benzene rings is 1. The average Bonchev–Trinajstić information content (AvgIpc) is 3.15. The number of aromatic nitrogens is 4. The number of hydrogen-bond acceptors (Lipinski definition) is 6. The SMILES string of the molecule is NC1(c2ccc(-n3c(-c4ccccn4)cc4cnc(NCC(=O)O)nc43)cc2)CCC1. The second kappa shape index (κ2) is 7.48. The fraction of sp³-hybridized carbons (Fsp3) is 0.217. The van der Waals surface area contributed by atoms with Gasteiger partial charge in [-0.3, -0.25) is 14.3 Å². The Hall–Kier alpha value is -3.78. The molecule has 0 atom stereocenters. The average molecular weight is 414 g/mol. The summed E-state index contributed by atoms with van der Waals surface area (Å²) in [6, 6.07) is 16.0. The van der Waals surface area contributed by atoms with Crippen molar-refractivity contribution < 1.29 is 9.90 Å². The van der Waals surface area contributed by atoms with Gasteiger partial charge in [0.2, 0.25) is 5.95 Å². The lowest BCUT2D eigenvalue weighted by Gasteiger charge is -2.38. The maximum Gasteiger partial charge on any atom is 0.322 e. The monoisotopic (exact) mass is 414 g/mol. The lowest BCUT2D eigenvalue weighted by atomic mass is 9.73. The van der Waals surface area contributed by atoms with Gasteiger partial charge in [-0.25, -0.2) is 4.98 Å². The zero-order valence-corrected chi connectivity index (χ0v) is 16.8. The first-order valence-electron chi connectivity index (χ1n) is 10.2. The molecule has 3 heterocycles. The van der Waals surface area contributed by atoms with Gasteiger partial charge < -0.3 is 16.2 Å². The Morgan fingerprint density at radius 3 is 2.61 bits per heavy atom. The number of nitrogens with zero attached hydrogens (tertiary/aromatic N) is 4. The molecule has 31 heavy (non-hydrogen) atoms. The van der Waals surface area contributed by atoms with Crippen LogP contribution < -0.4 is 11.1 Å². The van der Waals surface area contributed by atoms with Gasteiger partial charge in [-0.1, -0.05) is 18.2 Å². The van der Waals surface area contributed by atoms with Crippen LogP contribution in [0, 0.1) is 0 Å². The van der Waals surface area contributed by atoms with Crippen LogP contribution in [0.4, 0.5) is 5.95 Å². The number of anilines is 1. The molecular formula is C23H22N6O2. The van der Waals surface area contributed by atoms with Crippen molar-refractivity contribution in [1.29, 1.82) is 0 Å². The number of pyridine rings is 1. The molecule has 0 radical (unpaired) electrons. The summed E-state index contributed by atoms with van der Waals surface area (Å²) < 4.78 is 2.01. The van der Waals surface area contributed by atoms with Gasteiger partial charge in [0.15, 0.2) is 5.65 Å². The first-order valence-corrected chi connectivity index (χ1v) is 10.2. The van der Waals surface area contributed by atoms with Crippen molar-refractivity contribution in [3.63, 3.8) is 0 Å². The summed E-state index contributed by atoms with van der Waals surface area (Å²) in [4.78, 5) is 24.3. The van der Waals surface area contributed by atoms with Gasteiger partial charge in [0.1, 0.15) is 6.54 Å². The normalized spacial score (nSPS) is 14.9. The van der Waals surface area contributed by atoms with E-state index in [0.717, 1.165) is 47.3 Å². The molecule has 8 nitrogen and oxygen atoms in total. The molecule has 8 heteroatoms. The molecule has 1 saturated carbocycles. The van der Waals surface area contributed by atoms with E-state index in [1.54, 1.807) is 12.4 Å². The number of hydrogen-bond donors (Lipinski definition) is 3. The summed E-state index contributed by atoms with van der Waals surface area (Å²) in [5.74, 6) is -0.718. The van der Waals surface area contributed by atoms with Gasteiger partial charge in [-0.15, -0.1) is 0 Å². The number of rotatable bonds is 6. The Labute approximate surface area is 178 Å². The van der Waals surface area contributed by atoms with E-state index < -0.39 is 5.97 Å². The summed E-state index contributed by atoms with van der Waals surface area (Å²) in [5, 5.41) is 12.5. The Kier molecular flexibility index (Phi) is 4.63. The Morgan fingerprint density at radius 2 is 1.97 bits per heavy atom. The van der Waals surface area contributed by atoms with Crippen molar-refractivity contribution in [2.24, 2.45) is 5.73 Å². The molecule has 0 unspecified atom stereocenters. The minimum atomic E-state index is -0.976. The summed E-state index contributed by atoms with van der Waals surface area (Å²) in [6.45, 7) is -0.257. The number of nitrogens with two attached hydrogens (primary N) is 1. The van der Waals surface area contributed by atoms with E-state index >= 15 is 0 Å². The number of nitrogens with one attached hydrogen (secondary N) is 1. The van der Waals surface area contributed by atoms with Crippen molar-refractivity contribution in [3.8, 4) is 17.1 Å². The Bertz CT molecular complexity index is 1250. The van der Waals surface area contributed by atoms with Crippen LogP contribution in [0.15, 0.2) is 60.9 Å². The number of fused-ring (bicyclic) bond motifs is 1. The van der Waals surface area contributed by atoms with Crippen LogP contribution in [-0.4, -0.2) is 37.1 Å². The van der Waals surface area contributed by atoms with Crippen LogP contribution in [0.2, 0.25) is 0 Å². The van der Waals surface area contributed by atoms with E-state index in [4.69, 9.17) is 10.8 Å². The Balaban J connectivity index is 1.64. The number of carbonyl (C=O) groups is 1. The highest BCUT2D eigenvalue weighted by Crippen LogP contribution is 2.39. The smallest absolute Gasteiger partial charge is 0.322 e. The van der Waals surface area contributed by atoms with Crippen LogP contribution in [0.3, 0.4) is 0 Å². The fourth-order valence-electron chi connectivity index (χ4n) is 3.98. The largest absolute Gasteiger partial charge is 0.480 e. The van der Waals surface area contributed by atoms with Crippen molar-refractivity contribution in [3.05, 3.63) is 66.5 Å². The predicted molar refractivity (Wildman–Crippen MR) is 118 cm³/mol. The molecule has 1 aliphatic carbocycles. The second-order valence-electron chi connectivity index (χ2n) is 7.86. The Morgan fingerprint density at radius 1 is 1.16 bits per heavy atom. The first kappa shape index (κ1) is 19.2. The predicted octanol–water partition coefficient (Wildman–Crippen LogP) is 3.32. The van der Waals surface area contributed by atoms with Gasteiger partial charge in [0, 0.05) is 29.0 Å². The molecular weight excluding hydrogens is 392 g/mol. The molecule has 1 aromatic carbocycles. The van der Waals surface area contributed by atoms with E-state index in [1.807, 2.05) is 41.0 Å².